The van der Waals surface area contributed by atoms with E-state index in [4.69, 9.17) is 10.7 Å². The van der Waals surface area contributed by atoms with Crippen LogP contribution in [0.5, 0.6) is 0 Å². The molecule has 0 atom stereocenters. The summed E-state index contributed by atoms with van der Waals surface area (Å²) >= 11 is 1.18. The third-order valence-electron chi connectivity index (χ3n) is 4.56. The Labute approximate surface area is 161 Å². The third-order valence-corrected chi connectivity index (χ3v) is 7.77. The van der Waals surface area contributed by atoms with Gasteiger partial charge in [-0.15, -0.1) is 11.3 Å². The predicted molar refractivity (Wildman–Crippen MR) is 109 cm³/mol. The number of aryl methyl sites for hydroxylation is 1. The van der Waals surface area contributed by atoms with E-state index < -0.39 is 9.84 Å². The minimum atomic E-state index is -3.76. The summed E-state index contributed by atoms with van der Waals surface area (Å²) in [4.78, 5) is 9.38. The number of aromatic nitrogens is 3. The topological polar surface area (TPSA) is 90.9 Å². The highest BCUT2D eigenvalue weighted by molar-refractivity contribution is 7.93. The summed E-state index contributed by atoms with van der Waals surface area (Å²) in [6.45, 7) is 2.74. The minimum Gasteiger partial charge on any atom is -0.384 e. The first-order valence-electron chi connectivity index (χ1n) is 8.87. The molecule has 0 aliphatic rings. The summed E-state index contributed by atoms with van der Waals surface area (Å²) in [6.07, 6.45) is 3.00. The number of anilines is 1. The van der Waals surface area contributed by atoms with Crippen LogP contribution in [0.3, 0.4) is 0 Å². The zero-order valence-corrected chi connectivity index (χ0v) is 16.6. The number of unbranched alkanes of at least 4 members (excludes halogenated alkanes) is 2. The van der Waals surface area contributed by atoms with Gasteiger partial charge in [-0.3, -0.25) is 0 Å². The molecule has 3 heterocycles. The van der Waals surface area contributed by atoms with Crippen molar-refractivity contribution in [2.24, 2.45) is 0 Å². The van der Waals surface area contributed by atoms with Crippen molar-refractivity contribution in [3.8, 4) is 0 Å². The van der Waals surface area contributed by atoms with Crippen molar-refractivity contribution in [1.29, 1.82) is 0 Å². The quantitative estimate of drug-likeness (QED) is 0.489. The maximum absolute atomic E-state index is 13.3. The molecule has 0 fully saturated rings. The van der Waals surface area contributed by atoms with Crippen LogP contribution in [0, 0.1) is 0 Å². The van der Waals surface area contributed by atoms with Gasteiger partial charge in [0.1, 0.15) is 20.4 Å². The summed E-state index contributed by atoms with van der Waals surface area (Å²) < 4.78 is 28.6. The monoisotopic (exact) mass is 400 g/mol. The highest BCUT2D eigenvalue weighted by Crippen LogP contribution is 2.36. The molecule has 27 heavy (non-hydrogen) atoms. The van der Waals surface area contributed by atoms with Crippen LogP contribution in [-0.4, -0.2) is 23.0 Å². The number of nitrogen functional groups attached to an aromatic ring is 1. The molecule has 0 spiro atoms. The fraction of sp³-hybridized carbons (Fsp3) is 0.263. The normalized spacial score (nSPS) is 12.2. The number of para-hydroxylation sites is 2. The standard InChI is InChI=1S/C19H20N4O2S2/c1-2-3-6-11-23-18(20)17(27(24,25)15-10-7-12-26-15)16-19(23)22-14-9-5-4-8-13(14)21-16/h4-5,7-10,12H,2-3,6,11,20H2,1H3. The van der Waals surface area contributed by atoms with Crippen LogP contribution in [0.25, 0.3) is 22.2 Å². The average Bonchev–Trinajstić information content (AvgIpc) is 3.28. The molecular formula is C19H20N4O2S2. The molecule has 8 heteroatoms. The molecule has 2 N–H and O–H groups in total. The number of benzene rings is 1. The van der Waals surface area contributed by atoms with Gasteiger partial charge in [0, 0.05) is 6.54 Å². The lowest BCUT2D eigenvalue weighted by atomic mass is 10.2. The van der Waals surface area contributed by atoms with Crippen molar-refractivity contribution < 1.29 is 8.42 Å². The van der Waals surface area contributed by atoms with Gasteiger partial charge in [-0.05, 0) is 30.0 Å². The van der Waals surface area contributed by atoms with Gasteiger partial charge < -0.3 is 10.3 Å². The van der Waals surface area contributed by atoms with E-state index in [0.29, 0.717) is 23.2 Å². The molecule has 4 aromatic rings. The molecule has 0 aliphatic carbocycles. The van der Waals surface area contributed by atoms with Gasteiger partial charge in [-0.2, -0.15) is 0 Å². The maximum atomic E-state index is 13.3. The van der Waals surface area contributed by atoms with Gasteiger partial charge in [0.05, 0.1) is 11.0 Å². The van der Waals surface area contributed by atoms with E-state index in [1.165, 1.54) is 11.3 Å². The average molecular weight is 401 g/mol. The van der Waals surface area contributed by atoms with Crippen LogP contribution in [0.2, 0.25) is 0 Å². The number of nitrogens with two attached hydrogens (primary N) is 1. The SMILES string of the molecule is CCCCCn1c(N)c(S(=O)(=O)c2cccs2)c2nc3ccccc3nc21. The first-order chi connectivity index (χ1) is 13.0. The summed E-state index contributed by atoms with van der Waals surface area (Å²) in [7, 11) is -3.76. The number of nitrogens with zero attached hydrogens (tertiary/aromatic N) is 3. The van der Waals surface area contributed by atoms with Crippen molar-refractivity contribution in [2.45, 2.75) is 41.8 Å². The second kappa shape index (κ2) is 6.94. The van der Waals surface area contributed by atoms with Crippen LogP contribution in [-0.2, 0) is 16.4 Å². The van der Waals surface area contributed by atoms with Crippen LogP contribution < -0.4 is 5.73 Å². The molecule has 4 rings (SSSR count). The van der Waals surface area contributed by atoms with Gasteiger partial charge in [-0.25, -0.2) is 18.4 Å². The Morgan fingerprint density at radius 3 is 2.48 bits per heavy atom. The highest BCUT2D eigenvalue weighted by Gasteiger charge is 2.30. The summed E-state index contributed by atoms with van der Waals surface area (Å²) in [6, 6.07) is 10.8. The van der Waals surface area contributed by atoms with Crippen molar-refractivity contribution >= 4 is 49.2 Å². The van der Waals surface area contributed by atoms with E-state index in [2.05, 4.69) is 11.9 Å². The van der Waals surface area contributed by atoms with E-state index in [0.717, 1.165) is 24.8 Å². The van der Waals surface area contributed by atoms with E-state index in [1.807, 2.05) is 24.3 Å². The molecule has 0 amide bonds. The van der Waals surface area contributed by atoms with E-state index >= 15 is 0 Å². The lowest BCUT2D eigenvalue weighted by molar-refractivity contribution is 0.596. The molecule has 3 aromatic heterocycles. The van der Waals surface area contributed by atoms with Crippen LogP contribution in [0.1, 0.15) is 26.2 Å². The zero-order valence-electron chi connectivity index (χ0n) is 14.9. The smallest absolute Gasteiger partial charge is 0.221 e. The van der Waals surface area contributed by atoms with Crippen molar-refractivity contribution in [3.63, 3.8) is 0 Å². The molecule has 6 nitrogen and oxygen atoms in total. The lowest BCUT2D eigenvalue weighted by Crippen LogP contribution is -2.07. The van der Waals surface area contributed by atoms with Crippen LogP contribution in [0.4, 0.5) is 5.82 Å². The number of rotatable bonds is 6. The molecule has 0 saturated heterocycles. The number of sulfone groups is 1. The van der Waals surface area contributed by atoms with E-state index in [1.54, 1.807) is 22.1 Å². The Hall–Kier alpha value is -2.45. The fourth-order valence-corrected chi connectivity index (χ4v) is 5.83. The molecule has 0 aliphatic heterocycles. The lowest BCUT2D eigenvalue weighted by Gasteiger charge is -2.07. The molecule has 0 bridgehead atoms. The van der Waals surface area contributed by atoms with Gasteiger partial charge in [0.15, 0.2) is 5.65 Å². The van der Waals surface area contributed by atoms with Crippen molar-refractivity contribution in [2.75, 3.05) is 5.73 Å². The molecule has 0 unspecified atom stereocenters. The Kier molecular flexibility index (Phi) is 4.61. The van der Waals surface area contributed by atoms with Gasteiger partial charge in [-0.1, -0.05) is 38.0 Å². The van der Waals surface area contributed by atoms with Crippen molar-refractivity contribution in [3.05, 3.63) is 41.8 Å². The summed E-state index contributed by atoms with van der Waals surface area (Å²) in [5.41, 5.74) is 8.60. The fourth-order valence-electron chi connectivity index (χ4n) is 3.22. The van der Waals surface area contributed by atoms with Gasteiger partial charge >= 0.3 is 0 Å². The molecule has 140 valence electrons. The zero-order chi connectivity index (χ0) is 19.0. The minimum absolute atomic E-state index is 0.0645. The van der Waals surface area contributed by atoms with E-state index in [-0.39, 0.29) is 14.9 Å². The maximum Gasteiger partial charge on any atom is 0.221 e. The highest BCUT2D eigenvalue weighted by atomic mass is 32.2. The Morgan fingerprint density at radius 1 is 1.07 bits per heavy atom. The Morgan fingerprint density at radius 2 is 1.81 bits per heavy atom. The number of fused-ring (bicyclic) bond motifs is 2. The molecular weight excluding hydrogens is 380 g/mol. The summed E-state index contributed by atoms with van der Waals surface area (Å²) in [5.74, 6) is 0.213. The molecule has 1 aromatic carbocycles. The van der Waals surface area contributed by atoms with Gasteiger partial charge in [0.25, 0.3) is 0 Å². The molecule has 0 saturated carbocycles. The van der Waals surface area contributed by atoms with Gasteiger partial charge in [0.2, 0.25) is 9.84 Å². The Bertz CT molecular complexity index is 1210. The third kappa shape index (κ3) is 2.98. The van der Waals surface area contributed by atoms with E-state index in [9.17, 15) is 8.42 Å². The largest absolute Gasteiger partial charge is 0.384 e. The van der Waals surface area contributed by atoms with Crippen molar-refractivity contribution in [1.82, 2.24) is 14.5 Å². The Balaban J connectivity index is 2.02. The second-order valence-electron chi connectivity index (χ2n) is 6.39. The number of hydrogen-bond acceptors (Lipinski definition) is 6. The second-order valence-corrected chi connectivity index (χ2v) is 9.45. The first-order valence-corrected chi connectivity index (χ1v) is 11.2. The van der Waals surface area contributed by atoms with Crippen LogP contribution >= 0.6 is 11.3 Å². The predicted octanol–water partition coefficient (Wildman–Crippen LogP) is 4.25. The first kappa shape index (κ1) is 17.9. The number of hydrogen-bond donors (Lipinski definition) is 1. The van der Waals surface area contributed by atoms with Crippen LogP contribution in [0.15, 0.2) is 50.9 Å². The number of thiophene rings is 1. The summed E-state index contributed by atoms with van der Waals surface area (Å²) in [5, 5.41) is 1.74. The molecule has 0 radical (unpaired) electrons.